The molecular weight excluding hydrogens is 210 g/mol. The minimum Gasteiger partial charge on any atom is -0.339 e. The fraction of sp³-hybridized carbons (Fsp3) is 0.636. The average Bonchev–Trinajstić information content (AvgIpc) is 2.45. The summed E-state index contributed by atoms with van der Waals surface area (Å²) in [6.45, 7) is 7.97. The number of halogens is 1. The first-order chi connectivity index (χ1) is 7.06. The molecule has 15 heavy (non-hydrogen) atoms. The monoisotopic (exact) mass is 225 g/mol. The zero-order valence-electron chi connectivity index (χ0n) is 9.37. The van der Waals surface area contributed by atoms with Gasteiger partial charge in [0.25, 0.3) is 0 Å². The van der Waals surface area contributed by atoms with Crippen molar-refractivity contribution in [2.75, 3.05) is 18.0 Å². The standard InChI is InChI=1S/C11H16ClN3/c1-7-5-15(6-10(7)12)11-13-8(2)4-9(3)14-11/h4,7,10H,5-6H2,1-3H3. The lowest BCUT2D eigenvalue weighted by Crippen LogP contribution is -2.23. The van der Waals surface area contributed by atoms with Crippen LogP contribution in [0.2, 0.25) is 0 Å². The molecule has 4 heteroatoms. The quantitative estimate of drug-likeness (QED) is 0.686. The summed E-state index contributed by atoms with van der Waals surface area (Å²) in [4.78, 5) is 11.1. The molecule has 0 bridgehead atoms. The second-order valence-corrected chi connectivity index (χ2v) is 4.91. The van der Waals surface area contributed by atoms with Crippen LogP contribution in [0.4, 0.5) is 5.95 Å². The third kappa shape index (κ3) is 2.23. The van der Waals surface area contributed by atoms with Gasteiger partial charge in [0.1, 0.15) is 0 Å². The Morgan fingerprint density at radius 1 is 1.27 bits per heavy atom. The summed E-state index contributed by atoms with van der Waals surface area (Å²) in [5.74, 6) is 1.33. The van der Waals surface area contributed by atoms with Gasteiger partial charge >= 0.3 is 0 Å². The summed E-state index contributed by atoms with van der Waals surface area (Å²) in [5.41, 5.74) is 2.03. The molecule has 1 aliphatic heterocycles. The summed E-state index contributed by atoms with van der Waals surface area (Å²) < 4.78 is 0. The maximum absolute atomic E-state index is 6.19. The highest BCUT2D eigenvalue weighted by atomic mass is 35.5. The highest BCUT2D eigenvalue weighted by Crippen LogP contribution is 2.24. The highest BCUT2D eigenvalue weighted by molar-refractivity contribution is 6.21. The second kappa shape index (κ2) is 3.97. The molecule has 2 rings (SSSR count). The van der Waals surface area contributed by atoms with E-state index in [1.807, 2.05) is 19.9 Å². The Hall–Kier alpha value is -0.830. The number of anilines is 1. The van der Waals surface area contributed by atoms with Crippen LogP contribution in [0.1, 0.15) is 18.3 Å². The predicted octanol–water partition coefficient (Wildman–Crippen LogP) is 2.16. The molecule has 0 amide bonds. The third-order valence-electron chi connectivity index (χ3n) is 2.77. The molecule has 1 aromatic heterocycles. The van der Waals surface area contributed by atoms with Gasteiger partial charge in [-0.2, -0.15) is 0 Å². The van der Waals surface area contributed by atoms with E-state index in [2.05, 4.69) is 21.8 Å². The average molecular weight is 226 g/mol. The van der Waals surface area contributed by atoms with Crippen LogP contribution in [-0.4, -0.2) is 28.4 Å². The largest absolute Gasteiger partial charge is 0.339 e. The number of alkyl halides is 1. The molecule has 0 N–H and O–H groups in total. The first-order valence-corrected chi connectivity index (χ1v) is 5.71. The fourth-order valence-electron chi connectivity index (χ4n) is 1.94. The van der Waals surface area contributed by atoms with Crippen LogP contribution in [0.15, 0.2) is 6.07 Å². The van der Waals surface area contributed by atoms with Crippen molar-refractivity contribution < 1.29 is 0 Å². The summed E-state index contributed by atoms with van der Waals surface area (Å²) in [6, 6.07) is 1.99. The minimum absolute atomic E-state index is 0.217. The van der Waals surface area contributed by atoms with E-state index in [0.717, 1.165) is 30.4 Å². The molecule has 1 saturated heterocycles. The SMILES string of the molecule is Cc1cc(C)nc(N2CC(C)C(Cl)C2)n1. The van der Waals surface area contributed by atoms with Crippen molar-refractivity contribution in [1.82, 2.24) is 9.97 Å². The van der Waals surface area contributed by atoms with Crippen LogP contribution >= 0.6 is 11.6 Å². The number of hydrogen-bond donors (Lipinski definition) is 0. The van der Waals surface area contributed by atoms with Gasteiger partial charge in [0.2, 0.25) is 5.95 Å². The summed E-state index contributed by atoms with van der Waals surface area (Å²) in [5, 5.41) is 0.217. The summed E-state index contributed by atoms with van der Waals surface area (Å²) in [6.07, 6.45) is 0. The molecule has 1 aliphatic rings. The molecule has 0 radical (unpaired) electrons. The van der Waals surface area contributed by atoms with E-state index in [1.165, 1.54) is 0 Å². The van der Waals surface area contributed by atoms with Gasteiger partial charge in [-0.1, -0.05) is 6.92 Å². The number of nitrogens with zero attached hydrogens (tertiary/aromatic N) is 3. The van der Waals surface area contributed by atoms with Crippen LogP contribution in [0, 0.1) is 19.8 Å². The first kappa shape index (κ1) is 10.7. The van der Waals surface area contributed by atoms with Crippen molar-refractivity contribution in [2.45, 2.75) is 26.1 Å². The molecular formula is C11H16ClN3. The molecule has 0 spiro atoms. The maximum Gasteiger partial charge on any atom is 0.225 e. The zero-order chi connectivity index (χ0) is 11.0. The molecule has 2 atom stereocenters. The highest BCUT2D eigenvalue weighted by Gasteiger charge is 2.29. The van der Waals surface area contributed by atoms with Gasteiger partial charge in [0.15, 0.2) is 0 Å². The van der Waals surface area contributed by atoms with Crippen LogP contribution in [-0.2, 0) is 0 Å². The van der Waals surface area contributed by atoms with E-state index >= 15 is 0 Å². The second-order valence-electron chi connectivity index (χ2n) is 4.35. The van der Waals surface area contributed by atoms with E-state index in [-0.39, 0.29) is 5.38 Å². The molecule has 0 aliphatic carbocycles. The van der Waals surface area contributed by atoms with E-state index < -0.39 is 0 Å². The van der Waals surface area contributed by atoms with Gasteiger partial charge < -0.3 is 4.90 Å². The summed E-state index contributed by atoms with van der Waals surface area (Å²) >= 11 is 6.19. The Bertz CT molecular complexity index is 337. The van der Waals surface area contributed by atoms with Gasteiger partial charge in [-0.3, -0.25) is 0 Å². The Kier molecular flexibility index (Phi) is 2.83. The zero-order valence-corrected chi connectivity index (χ0v) is 10.1. The van der Waals surface area contributed by atoms with Gasteiger partial charge in [-0.05, 0) is 25.8 Å². The van der Waals surface area contributed by atoms with Crippen molar-refractivity contribution in [1.29, 1.82) is 0 Å². The van der Waals surface area contributed by atoms with Crippen molar-refractivity contribution in [2.24, 2.45) is 5.92 Å². The molecule has 0 saturated carbocycles. The summed E-state index contributed by atoms with van der Waals surface area (Å²) in [7, 11) is 0. The van der Waals surface area contributed by atoms with Gasteiger partial charge in [-0.25, -0.2) is 9.97 Å². The number of aromatic nitrogens is 2. The van der Waals surface area contributed by atoms with Crippen LogP contribution < -0.4 is 4.90 Å². The first-order valence-electron chi connectivity index (χ1n) is 5.27. The Morgan fingerprint density at radius 2 is 1.87 bits per heavy atom. The van der Waals surface area contributed by atoms with E-state index in [1.54, 1.807) is 0 Å². The molecule has 3 nitrogen and oxygen atoms in total. The Morgan fingerprint density at radius 3 is 2.33 bits per heavy atom. The Labute approximate surface area is 95.5 Å². The molecule has 1 aromatic rings. The Balaban J connectivity index is 2.23. The van der Waals surface area contributed by atoms with Gasteiger partial charge in [0, 0.05) is 24.5 Å². The van der Waals surface area contributed by atoms with E-state index in [0.29, 0.717) is 5.92 Å². The molecule has 2 unspecified atom stereocenters. The van der Waals surface area contributed by atoms with Gasteiger partial charge in [-0.15, -0.1) is 11.6 Å². The van der Waals surface area contributed by atoms with E-state index in [9.17, 15) is 0 Å². The lowest BCUT2D eigenvalue weighted by molar-refractivity contribution is 0.664. The predicted molar refractivity (Wildman–Crippen MR) is 62.5 cm³/mol. The lowest BCUT2D eigenvalue weighted by Gasteiger charge is -2.16. The van der Waals surface area contributed by atoms with Crippen LogP contribution in [0.5, 0.6) is 0 Å². The van der Waals surface area contributed by atoms with Crippen LogP contribution in [0.3, 0.4) is 0 Å². The lowest BCUT2D eigenvalue weighted by atomic mass is 10.2. The molecule has 82 valence electrons. The third-order valence-corrected chi connectivity index (χ3v) is 3.34. The smallest absolute Gasteiger partial charge is 0.225 e. The number of rotatable bonds is 1. The topological polar surface area (TPSA) is 29.0 Å². The number of aryl methyl sites for hydroxylation is 2. The van der Waals surface area contributed by atoms with Crippen molar-refractivity contribution in [3.05, 3.63) is 17.5 Å². The van der Waals surface area contributed by atoms with Crippen molar-refractivity contribution in [3.63, 3.8) is 0 Å². The number of hydrogen-bond acceptors (Lipinski definition) is 3. The van der Waals surface area contributed by atoms with Gasteiger partial charge in [0.05, 0.1) is 5.38 Å². The van der Waals surface area contributed by atoms with Crippen LogP contribution in [0.25, 0.3) is 0 Å². The molecule has 1 fully saturated rings. The molecule has 0 aromatic carbocycles. The van der Waals surface area contributed by atoms with Crippen molar-refractivity contribution >= 4 is 17.5 Å². The van der Waals surface area contributed by atoms with Crippen molar-refractivity contribution in [3.8, 4) is 0 Å². The minimum atomic E-state index is 0.217. The normalized spacial score (nSPS) is 26.0. The van der Waals surface area contributed by atoms with E-state index in [4.69, 9.17) is 11.6 Å². The fourth-order valence-corrected chi connectivity index (χ4v) is 2.19. The maximum atomic E-state index is 6.19. The molecule has 2 heterocycles.